The van der Waals surface area contributed by atoms with Crippen LogP contribution in [0.15, 0.2) is 83.9 Å². The first kappa shape index (κ1) is 37.0. The van der Waals surface area contributed by atoms with Gasteiger partial charge in [0.05, 0.1) is 0 Å². The van der Waals surface area contributed by atoms with E-state index in [0.717, 1.165) is 22.5 Å². The van der Waals surface area contributed by atoms with Crippen LogP contribution in [0.5, 0.6) is 0 Å². The van der Waals surface area contributed by atoms with E-state index in [-0.39, 0.29) is 28.8 Å². The predicted molar refractivity (Wildman–Crippen MR) is 189 cm³/mol. The van der Waals surface area contributed by atoms with Crippen LogP contribution in [0.2, 0.25) is 0 Å². The summed E-state index contributed by atoms with van der Waals surface area (Å²) in [4.78, 5) is 75.7. The normalized spacial score (nSPS) is 20.0. The Bertz CT molecular complexity index is 1770. The first-order valence-electron chi connectivity index (χ1n) is 15.8. The van der Waals surface area contributed by atoms with Gasteiger partial charge >= 0.3 is 17.9 Å². The van der Waals surface area contributed by atoms with Gasteiger partial charge in [-0.05, 0) is 31.9 Å². The van der Waals surface area contributed by atoms with Gasteiger partial charge in [-0.1, -0.05) is 71.9 Å². The molecule has 14 nitrogen and oxygen atoms in total. The number of amides is 2. The Morgan fingerprint density at radius 1 is 1.08 bits per heavy atom. The quantitative estimate of drug-likeness (QED) is 0.0653. The number of carbonyl (C=O) groups is 5. The molecule has 2 unspecified atom stereocenters. The van der Waals surface area contributed by atoms with Crippen molar-refractivity contribution in [3.63, 3.8) is 0 Å². The summed E-state index contributed by atoms with van der Waals surface area (Å²) < 4.78 is 16.2. The summed E-state index contributed by atoms with van der Waals surface area (Å²) in [6.45, 7) is 7.57. The SMILES string of the molecule is C=CC1(C(=O)OCC(=O)OC(C)(C)C)CS[C@@H]2C(NC(=O)C(=NOCC(=O)OC(c3ccccc3)c3ccccc3)c3csc(N)n3)C(=O)N2C1. The molecule has 5 rings (SSSR count). The lowest BCUT2D eigenvalue weighted by Crippen LogP contribution is -2.73. The van der Waals surface area contributed by atoms with Crippen molar-refractivity contribution in [1.29, 1.82) is 0 Å². The summed E-state index contributed by atoms with van der Waals surface area (Å²) in [5, 5.41) is 7.70. The van der Waals surface area contributed by atoms with Gasteiger partial charge in [-0.2, -0.15) is 0 Å². The summed E-state index contributed by atoms with van der Waals surface area (Å²) >= 11 is 2.30. The Hall–Kier alpha value is -5.22. The van der Waals surface area contributed by atoms with Gasteiger partial charge in [0.15, 0.2) is 23.6 Å². The number of benzene rings is 2. The van der Waals surface area contributed by atoms with E-state index in [1.165, 1.54) is 28.1 Å². The van der Waals surface area contributed by atoms with Gasteiger partial charge in [0.25, 0.3) is 5.91 Å². The van der Waals surface area contributed by atoms with Crippen molar-refractivity contribution >= 4 is 63.7 Å². The number of fused-ring (bicyclic) bond motifs is 1. The molecule has 2 saturated heterocycles. The van der Waals surface area contributed by atoms with E-state index in [9.17, 15) is 24.0 Å². The summed E-state index contributed by atoms with van der Waals surface area (Å²) in [5.74, 6) is -3.25. The lowest BCUT2D eigenvalue weighted by atomic mass is 9.87. The fourth-order valence-corrected chi connectivity index (χ4v) is 7.35. The molecule has 3 atom stereocenters. The first-order valence-corrected chi connectivity index (χ1v) is 17.7. The number of nitrogen functional groups attached to an aromatic ring is 1. The van der Waals surface area contributed by atoms with Gasteiger partial charge in [-0.15, -0.1) is 29.7 Å². The lowest BCUT2D eigenvalue weighted by Gasteiger charge is -2.53. The maximum absolute atomic E-state index is 13.5. The highest BCUT2D eigenvalue weighted by molar-refractivity contribution is 8.00. The topological polar surface area (TPSA) is 189 Å². The number of thioether (sulfide) groups is 1. The van der Waals surface area contributed by atoms with Crippen LogP contribution >= 0.6 is 23.1 Å². The number of rotatable bonds is 13. The number of nitrogens with two attached hydrogens (primary N) is 1. The van der Waals surface area contributed by atoms with Crippen molar-refractivity contribution in [3.8, 4) is 0 Å². The third-order valence-corrected chi connectivity index (χ3v) is 9.93. The Balaban J connectivity index is 1.21. The van der Waals surface area contributed by atoms with Gasteiger partial charge < -0.3 is 35.0 Å². The van der Waals surface area contributed by atoms with E-state index >= 15 is 0 Å². The maximum atomic E-state index is 13.5. The van der Waals surface area contributed by atoms with Gasteiger partial charge in [0.2, 0.25) is 12.5 Å². The van der Waals surface area contributed by atoms with Crippen LogP contribution in [-0.2, 0) is 43.0 Å². The van der Waals surface area contributed by atoms with Crippen LogP contribution in [0.3, 0.4) is 0 Å². The van der Waals surface area contributed by atoms with E-state index in [2.05, 4.69) is 22.0 Å². The van der Waals surface area contributed by atoms with Gasteiger partial charge in [0.1, 0.15) is 28.1 Å². The van der Waals surface area contributed by atoms with Crippen molar-refractivity contribution in [2.75, 3.05) is 31.2 Å². The third-order valence-electron chi connectivity index (χ3n) is 7.70. The average molecular weight is 736 g/mol. The Labute approximate surface area is 302 Å². The molecule has 2 fully saturated rings. The highest BCUT2D eigenvalue weighted by Gasteiger charge is 2.57. The number of ether oxygens (including phenoxy) is 3. The zero-order chi connectivity index (χ0) is 36.8. The van der Waals surface area contributed by atoms with Gasteiger partial charge in [-0.25, -0.2) is 14.6 Å². The van der Waals surface area contributed by atoms with E-state index < -0.39 is 71.5 Å². The summed E-state index contributed by atoms with van der Waals surface area (Å²) in [6, 6.07) is 17.4. The fraction of sp³-hybridized carbons (Fsp3) is 0.343. The molecule has 51 heavy (non-hydrogen) atoms. The molecule has 2 aliphatic rings. The molecule has 2 amide bonds. The van der Waals surface area contributed by atoms with E-state index in [1.54, 1.807) is 20.8 Å². The molecule has 16 heteroatoms. The number of oxime groups is 1. The molecule has 3 heterocycles. The van der Waals surface area contributed by atoms with E-state index in [0.29, 0.717) is 0 Å². The number of carbonyl (C=O) groups excluding carboxylic acids is 5. The number of β-lactam (4-membered cyclic amide) rings is 1. The van der Waals surface area contributed by atoms with Crippen LogP contribution < -0.4 is 11.1 Å². The molecule has 268 valence electrons. The molecule has 1 aromatic heterocycles. The smallest absolute Gasteiger partial charge is 0.347 e. The molecule has 2 aromatic carbocycles. The number of hydrogen-bond donors (Lipinski definition) is 2. The summed E-state index contributed by atoms with van der Waals surface area (Å²) in [5.41, 5.74) is 5.05. The number of thiazole rings is 1. The molecule has 3 aromatic rings. The molecule has 3 N–H and O–H groups in total. The molecular weight excluding hydrogens is 699 g/mol. The molecular formula is C35H37N5O9S2. The Morgan fingerprint density at radius 2 is 1.73 bits per heavy atom. The largest absolute Gasteiger partial charge is 0.457 e. The van der Waals surface area contributed by atoms with Crippen molar-refractivity contribution in [2.45, 2.75) is 43.9 Å². The maximum Gasteiger partial charge on any atom is 0.347 e. The number of aromatic nitrogens is 1. The van der Waals surface area contributed by atoms with Crippen molar-refractivity contribution in [3.05, 3.63) is 95.5 Å². The average Bonchev–Trinajstić information content (AvgIpc) is 3.55. The first-order chi connectivity index (χ1) is 24.3. The van der Waals surface area contributed by atoms with Crippen LogP contribution in [-0.4, -0.2) is 87.8 Å². The number of hydrogen-bond acceptors (Lipinski definition) is 14. The second kappa shape index (κ2) is 15.8. The predicted octanol–water partition coefficient (Wildman–Crippen LogP) is 3.24. The zero-order valence-corrected chi connectivity index (χ0v) is 29.7. The molecule has 0 aliphatic carbocycles. The Morgan fingerprint density at radius 3 is 2.29 bits per heavy atom. The fourth-order valence-electron chi connectivity index (χ4n) is 5.27. The Kier molecular flexibility index (Phi) is 11.5. The number of nitrogens with zero attached hydrogens (tertiary/aromatic N) is 3. The minimum absolute atomic E-state index is 0.0612. The number of esters is 3. The van der Waals surface area contributed by atoms with Crippen LogP contribution in [0.1, 0.15) is 43.7 Å². The van der Waals surface area contributed by atoms with Gasteiger partial charge in [-0.3, -0.25) is 14.4 Å². The van der Waals surface area contributed by atoms with Gasteiger partial charge in [0, 0.05) is 17.7 Å². The van der Waals surface area contributed by atoms with E-state index in [4.69, 9.17) is 24.8 Å². The monoisotopic (exact) mass is 735 g/mol. The molecule has 0 saturated carbocycles. The highest BCUT2D eigenvalue weighted by Crippen LogP contribution is 2.43. The molecule has 2 aliphatic heterocycles. The second-order valence-corrected chi connectivity index (χ2v) is 14.6. The van der Waals surface area contributed by atoms with Crippen LogP contribution in [0.4, 0.5) is 5.13 Å². The van der Waals surface area contributed by atoms with Crippen molar-refractivity contribution < 1.29 is 43.0 Å². The number of nitrogens with one attached hydrogen (secondary N) is 1. The van der Waals surface area contributed by atoms with Crippen molar-refractivity contribution in [2.24, 2.45) is 10.6 Å². The van der Waals surface area contributed by atoms with Crippen LogP contribution in [0, 0.1) is 5.41 Å². The van der Waals surface area contributed by atoms with Crippen LogP contribution in [0.25, 0.3) is 0 Å². The number of anilines is 1. The van der Waals surface area contributed by atoms with Crippen molar-refractivity contribution in [1.82, 2.24) is 15.2 Å². The molecule has 0 spiro atoms. The van der Waals surface area contributed by atoms with E-state index in [1.807, 2.05) is 60.7 Å². The zero-order valence-electron chi connectivity index (χ0n) is 28.1. The minimum Gasteiger partial charge on any atom is -0.457 e. The molecule has 0 bridgehead atoms. The standard InChI is InChI=1S/C35H37N5O9S2/c1-5-35(32(45)46-16-25(42)49-34(2,3)4)19-40-30(44)27(31(40)51-20-35)38-29(43)26(23-18-50-33(36)37-23)39-47-17-24(41)48-28(21-12-8-6-9-13-21)22-14-10-7-11-15-22/h5-15,18,27-28,31H,1,16-17,19-20H2,2-4H3,(H2,36,37)(H,38,43)/t27?,31-,35?/m1/s1. The summed E-state index contributed by atoms with van der Waals surface area (Å²) in [6.07, 6.45) is 0.690. The summed E-state index contributed by atoms with van der Waals surface area (Å²) in [7, 11) is 0. The highest BCUT2D eigenvalue weighted by atomic mass is 32.2. The third kappa shape index (κ3) is 8.93. The lowest BCUT2D eigenvalue weighted by molar-refractivity contribution is -0.171. The molecule has 0 radical (unpaired) electrons. The minimum atomic E-state index is -1.28. The second-order valence-electron chi connectivity index (χ2n) is 12.6.